The van der Waals surface area contributed by atoms with E-state index in [-0.39, 0.29) is 5.78 Å². The fourth-order valence-corrected chi connectivity index (χ4v) is 1.42. The van der Waals surface area contributed by atoms with Crippen molar-refractivity contribution in [3.8, 4) is 0 Å². The van der Waals surface area contributed by atoms with Gasteiger partial charge in [-0.15, -0.1) is 0 Å². The van der Waals surface area contributed by atoms with E-state index >= 15 is 0 Å². The molecule has 1 heterocycles. The van der Waals surface area contributed by atoms with E-state index in [0.29, 0.717) is 12.8 Å². The molecule has 14 heavy (non-hydrogen) atoms. The quantitative estimate of drug-likeness (QED) is 0.801. The number of carbonyl (C=O) groups is 1. The third-order valence-corrected chi connectivity index (χ3v) is 2.15. The van der Waals surface area contributed by atoms with Crippen LogP contribution in [-0.2, 0) is 11.2 Å². The molecular formula is C11H12N2O. The van der Waals surface area contributed by atoms with Crippen molar-refractivity contribution < 1.29 is 4.79 Å². The molecule has 0 bridgehead atoms. The number of nitrogens with one attached hydrogen (secondary N) is 1. The van der Waals surface area contributed by atoms with E-state index < -0.39 is 0 Å². The van der Waals surface area contributed by atoms with Crippen LogP contribution >= 0.6 is 0 Å². The minimum atomic E-state index is 0.199. The van der Waals surface area contributed by atoms with Gasteiger partial charge < -0.3 is 9.78 Å². The van der Waals surface area contributed by atoms with Crippen LogP contribution in [0.5, 0.6) is 0 Å². The summed E-state index contributed by atoms with van der Waals surface area (Å²) in [5, 5.41) is 0. The van der Waals surface area contributed by atoms with E-state index in [2.05, 4.69) is 9.97 Å². The summed E-state index contributed by atoms with van der Waals surface area (Å²) in [6, 6.07) is 7.87. The minimum Gasteiger partial charge on any atom is -0.342 e. The second kappa shape index (κ2) is 3.62. The lowest BCUT2D eigenvalue weighted by Crippen LogP contribution is -1.95. The standard InChI is InChI=1S/C11H12N2O/c1-8(14)6-7-11-12-9-4-2-3-5-10(9)13-11/h2-5H,6-7H2,1H3,(H,12,13). The molecule has 0 amide bonds. The topological polar surface area (TPSA) is 45.8 Å². The van der Waals surface area contributed by atoms with Crippen LogP contribution in [-0.4, -0.2) is 15.8 Å². The lowest BCUT2D eigenvalue weighted by atomic mass is 10.2. The fourth-order valence-electron chi connectivity index (χ4n) is 1.42. The summed E-state index contributed by atoms with van der Waals surface area (Å²) in [5.41, 5.74) is 2.00. The molecule has 0 aliphatic heterocycles. The Morgan fingerprint density at radius 2 is 2.21 bits per heavy atom. The van der Waals surface area contributed by atoms with Crippen molar-refractivity contribution >= 4 is 16.8 Å². The Hall–Kier alpha value is -1.64. The summed E-state index contributed by atoms with van der Waals surface area (Å²) in [6.45, 7) is 1.60. The maximum atomic E-state index is 10.8. The molecule has 0 aliphatic carbocycles. The number of hydrogen-bond donors (Lipinski definition) is 1. The lowest BCUT2D eigenvalue weighted by Gasteiger charge is -1.90. The zero-order chi connectivity index (χ0) is 9.97. The summed E-state index contributed by atoms with van der Waals surface area (Å²) < 4.78 is 0. The van der Waals surface area contributed by atoms with Crippen LogP contribution in [0.1, 0.15) is 19.2 Å². The molecular weight excluding hydrogens is 176 g/mol. The van der Waals surface area contributed by atoms with Crippen LogP contribution in [0.4, 0.5) is 0 Å². The Bertz CT molecular complexity index is 426. The number of H-pyrrole nitrogens is 1. The van der Waals surface area contributed by atoms with E-state index in [9.17, 15) is 4.79 Å². The first-order chi connectivity index (χ1) is 6.75. The number of hydrogen-bond acceptors (Lipinski definition) is 2. The molecule has 0 spiro atoms. The second-order valence-corrected chi connectivity index (χ2v) is 3.40. The Morgan fingerprint density at radius 1 is 1.43 bits per heavy atom. The average molecular weight is 188 g/mol. The molecule has 3 nitrogen and oxygen atoms in total. The van der Waals surface area contributed by atoms with Gasteiger partial charge in [-0.25, -0.2) is 4.98 Å². The van der Waals surface area contributed by atoms with E-state index in [1.807, 2.05) is 24.3 Å². The molecule has 0 saturated carbocycles. The first-order valence-electron chi connectivity index (χ1n) is 4.69. The van der Waals surface area contributed by atoms with Crippen LogP contribution in [0.3, 0.4) is 0 Å². The van der Waals surface area contributed by atoms with Crippen LogP contribution < -0.4 is 0 Å². The summed E-state index contributed by atoms with van der Waals surface area (Å²) >= 11 is 0. The SMILES string of the molecule is CC(=O)CCc1nc2ccccc2[nH]1. The highest BCUT2D eigenvalue weighted by molar-refractivity contribution is 5.76. The first-order valence-corrected chi connectivity index (χ1v) is 4.69. The monoisotopic (exact) mass is 188 g/mol. The fraction of sp³-hybridized carbons (Fsp3) is 0.273. The van der Waals surface area contributed by atoms with Gasteiger partial charge in [-0.05, 0) is 19.1 Å². The number of imidazole rings is 1. The molecule has 0 radical (unpaired) electrons. The Kier molecular flexibility index (Phi) is 2.31. The summed E-state index contributed by atoms with van der Waals surface area (Å²) in [4.78, 5) is 18.4. The second-order valence-electron chi connectivity index (χ2n) is 3.40. The number of para-hydroxylation sites is 2. The number of aryl methyl sites for hydroxylation is 1. The largest absolute Gasteiger partial charge is 0.342 e. The van der Waals surface area contributed by atoms with Gasteiger partial charge in [0.05, 0.1) is 11.0 Å². The highest BCUT2D eigenvalue weighted by Crippen LogP contribution is 2.11. The van der Waals surface area contributed by atoms with Crippen molar-refractivity contribution in [2.75, 3.05) is 0 Å². The number of benzene rings is 1. The number of aromatic amines is 1. The molecule has 2 aromatic rings. The summed E-state index contributed by atoms with van der Waals surface area (Å²) in [7, 11) is 0. The van der Waals surface area contributed by atoms with Crippen molar-refractivity contribution in [1.29, 1.82) is 0 Å². The number of ketones is 1. The molecule has 0 saturated heterocycles. The first kappa shape index (κ1) is 8.94. The van der Waals surface area contributed by atoms with Gasteiger partial charge in [-0.1, -0.05) is 12.1 Å². The predicted octanol–water partition coefficient (Wildman–Crippen LogP) is 2.08. The number of rotatable bonds is 3. The Morgan fingerprint density at radius 3 is 2.93 bits per heavy atom. The highest BCUT2D eigenvalue weighted by atomic mass is 16.1. The van der Waals surface area contributed by atoms with Crippen molar-refractivity contribution in [1.82, 2.24) is 9.97 Å². The van der Waals surface area contributed by atoms with Crippen LogP contribution in [0.2, 0.25) is 0 Å². The molecule has 72 valence electrons. The van der Waals surface area contributed by atoms with Crippen molar-refractivity contribution in [2.24, 2.45) is 0 Å². The molecule has 0 aliphatic rings. The van der Waals surface area contributed by atoms with Crippen molar-refractivity contribution in [3.63, 3.8) is 0 Å². The van der Waals surface area contributed by atoms with Gasteiger partial charge in [0, 0.05) is 12.8 Å². The third kappa shape index (κ3) is 1.82. The predicted molar refractivity (Wildman–Crippen MR) is 55.1 cm³/mol. The molecule has 1 aromatic carbocycles. The average Bonchev–Trinajstić information content (AvgIpc) is 2.57. The molecule has 0 fully saturated rings. The summed E-state index contributed by atoms with van der Waals surface area (Å²) in [6.07, 6.45) is 1.25. The molecule has 0 atom stereocenters. The van der Waals surface area contributed by atoms with Gasteiger partial charge in [-0.3, -0.25) is 0 Å². The molecule has 1 aromatic heterocycles. The maximum Gasteiger partial charge on any atom is 0.130 e. The van der Waals surface area contributed by atoms with E-state index in [0.717, 1.165) is 16.9 Å². The van der Waals surface area contributed by atoms with Crippen LogP contribution in [0.15, 0.2) is 24.3 Å². The minimum absolute atomic E-state index is 0.199. The molecule has 1 N–H and O–H groups in total. The van der Waals surface area contributed by atoms with Gasteiger partial charge in [0.25, 0.3) is 0 Å². The Labute approximate surface area is 82.2 Å². The highest BCUT2D eigenvalue weighted by Gasteiger charge is 2.02. The lowest BCUT2D eigenvalue weighted by molar-refractivity contribution is -0.117. The number of Topliss-reactive ketones (excluding diaryl/α,β-unsaturated/α-hetero) is 1. The molecule has 0 unspecified atom stereocenters. The molecule has 3 heteroatoms. The number of carbonyl (C=O) groups excluding carboxylic acids is 1. The van der Waals surface area contributed by atoms with Crippen molar-refractivity contribution in [2.45, 2.75) is 19.8 Å². The molecule has 2 rings (SSSR count). The zero-order valence-electron chi connectivity index (χ0n) is 8.08. The maximum absolute atomic E-state index is 10.8. The van der Waals surface area contributed by atoms with Gasteiger partial charge in [0.2, 0.25) is 0 Å². The third-order valence-electron chi connectivity index (χ3n) is 2.15. The number of nitrogens with zero attached hydrogens (tertiary/aromatic N) is 1. The Balaban J connectivity index is 2.22. The van der Waals surface area contributed by atoms with Gasteiger partial charge >= 0.3 is 0 Å². The van der Waals surface area contributed by atoms with Crippen LogP contribution in [0, 0.1) is 0 Å². The smallest absolute Gasteiger partial charge is 0.130 e. The van der Waals surface area contributed by atoms with E-state index in [1.54, 1.807) is 6.92 Å². The zero-order valence-corrected chi connectivity index (χ0v) is 8.08. The van der Waals surface area contributed by atoms with Crippen LogP contribution in [0.25, 0.3) is 11.0 Å². The number of fused-ring (bicyclic) bond motifs is 1. The van der Waals surface area contributed by atoms with Gasteiger partial charge in [-0.2, -0.15) is 0 Å². The normalized spacial score (nSPS) is 10.6. The van der Waals surface area contributed by atoms with E-state index in [4.69, 9.17) is 0 Å². The van der Waals surface area contributed by atoms with Gasteiger partial charge in [0.15, 0.2) is 0 Å². The number of aromatic nitrogens is 2. The summed E-state index contributed by atoms with van der Waals surface area (Å²) in [5.74, 6) is 1.09. The van der Waals surface area contributed by atoms with Gasteiger partial charge in [0.1, 0.15) is 11.6 Å². The van der Waals surface area contributed by atoms with Crippen molar-refractivity contribution in [3.05, 3.63) is 30.1 Å². The van der Waals surface area contributed by atoms with E-state index in [1.165, 1.54) is 0 Å².